The minimum Gasteiger partial charge on any atom is -0.507 e. The van der Waals surface area contributed by atoms with Gasteiger partial charge >= 0.3 is 0 Å². The van der Waals surface area contributed by atoms with Crippen LogP contribution in [0, 0.1) is 17.3 Å². The number of aryl methyl sites for hydroxylation is 1. The first-order valence-corrected chi connectivity index (χ1v) is 18.4. The Labute approximate surface area is 298 Å². The Morgan fingerprint density at radius 2 is 1.61 bits per heavy atom. The fourth-order valence-corrected chi connectivity index (χ4v) is 10.1. The molecule has 0 radical (unpaired) electrons. The summed E-state index contributed by atoms with van der Waals surface area (Å²) in [7, 11) is 0. The molecular formula is C43H47NO7. The van der Waals surface area contributed by atoms with Crippen LogP contribution in [0.3, 0.4) is 0 Å². The lowest BCUT2D eigenvalue weighted by atomic mass is 9.50. The van der Waals surface area contributed by atoms with Crippen LogP contribution >= 0.6 is 0 Å². The molecule has 266 valence electrons. The first kappa shape index (κ1) is 33.6. The van der Waals surface area contributed by atoms with Crippen molar-refractivity contribution in [2.45, 2.75) is 82.1 Å². The molecule has 1 aliphatic heterocycles. The molecule has 0 amide bonds. The average Bonchev–Trinajstić information content (AvgIpc) is 3.47. The van der Waals surface area contributed by atoms with E-state index >= 15 is 0 Å². The van der Waals surface area contributed by atoms with Crippen LogP contribution in [0.5, 0.6) is 28.7 Å². The van der Waals surface area contributed by atoms with Crippen LogP contribution in [0.25, 0.3) is 22.9 Å². The summed E-state index contributed by atoms with van der Waals surface area (Å²) >= 11 is 0. The van der Waals surface area contributed by atoms with E-state index in [1.807, 2.05) is 0 Å². The number of nitrogens with one attached hydrogen (secondary N) is 1. The monoisotopic (exact) mass is 689 g/mol. The van der Waals surface area contributed by atoms with Crippen LogP contribution in [0.15, 0.2) is 72.8 Å². The van der Waals surface area contributed by atoms with E-state index in [9.17, 15) is 30.6 Å². The highest BCUT2D eigenvalue weighted by molar-refractivity contribution is 6.03. The quantitative estimate of drug-likeness (QED) is 0.0574. The zero-order valence-electron chi connectivity index (χ0n) is 28.8. The maximum Gasteiger partial charge on any atom is 0.169 e. The van der Waals surface area contributed by atoms with Gasteiger partial charge in [-0.2, -0.15) is 0 Å². The summed E-state index contributed by atoms with van der Waals surface area (Å²) in [6.45, 7) is 1.49. The number of hydrogen-bond donors (Lipinski definition) is 7. The Hall–Kier alpha value is -4.50. The predicted octanol–water partition coefficient (Wildman–Crippen LogP) is 7.46. The van der Waals surface area contributed by atoms with Gasteiger partial charge in [0.15, 0.2) is 23.0 Å². The zero-order chi connectivity index (χ0) is 35.3. The first-order valence-electron chi connectivity index (χ1n) is 18.4. The van der Waals surface area contributed by atoms with Gasteiger partial charge < -0.3 is 40.7 Å². The number of benzene rings is 4. The zero-order valence-corrected chi connectivity index (χ0v) is 28.8. The standard InChI is InChI=1S/C43H47NO7/c45-30-23-29-13-16-34-35(18-21-51-43(34)20-2-1-19-42(29,43)24-30)44-25-28-8-6-26(7-9-28)10-15-33-31(14-11-27-12-17-36(46)38(48)22-27)32-4-3-5-37(47)39(32)41(50)40(33)49/h3-9,11-14,16-17,22,29-30,34-35,44-50H,1-2,10,15,18-21,23-25H2/b14-11+/t29-,30+,34+,35+,42+,43-/m0/s1. The molecular weight excluding hydrogens is 642 g/mol. The van der Waals surface area contributed by atoms with Crippen LogP contribution in [-0.2, 0) is 24.1 Å². The second-order valence-corrected chi connectivity index (χ2v) is 15.2. The molecule has 3 aliphatic carbocycles. The van der Waals surface area contributed by atoms with Gasteiger partial charge in [0, 0.05) is 36.1 Å². The van der Waals surface area contributed by atoms with Crippen molar-refractivity contribution in [3.05, 3.63) is 101 Å². The summed E-state index contributed by atoms with van der Waals surface area (Å²) < 4.78 is 6.82. The molecule has 51 heavy (non-hydrogen) atoms. The second kappa shape index (κ2) is 13.2. The molecule has 8 rings (SSSR count). The lowest BCUT2D eigenvalue weighted by Gasteiger charge is -2.62. The molecule has 4 aliphatic rings. The Kier molecular flexibility index (Phi) is 8.73. The van der Waals surface area contributed by atoms with Crippen LogP contribution < -0.4 is 5.32 Å². The van der Waals surface area contributed by atoms with E-state index in [2.05, 4.69) is 41.7 Å². The molecule has 2 spiro atoms. The predicted molar refractivity (Wildman–Crippen MR) is 198 cm³/mol. The fraction of sp³-hybridized carbons (Fsp3) is 0.395. The lowest BCUT2D eigenvalue weighted by Crippen LogP contribution is -2.66. The summed E-state index contributed by atoms with van der Waals surface area (Å²) in [5, 5.41) is 67.9. The van der Waals surface area contributed by atoms with Crippen LogP contribution in [0.1, 0.15) is 72.8 Å². The molecule has 6 atom stereocenters. The summed E-state index contributed by atoms with van der Waals surface area (Å²) in [6, 6.07) is 18.3. The molecule has 4 aromatic rings. The molecule has 3 fully saturated rings. The Morgan fingerprint density at radius 3 is 2.43 bits per heavy atom. The highest BCUT2D eigenvalue weighted by Crippen LogP contribution is 2.65. The molecule has 8 heteroatoms. The van der Waals surface area contributed by atoms with Gasteiger partial charge in [0.05, 0.1) is 17.1 Å². The highest BCUT2D eigenvalue weighted by Gasteiger charge is 2.66. The van der Waals surface area contributed by atoms with Crippen molar-refractivity contribution in [1.29, 1.82) is 0 Å². The van der Waals surface area contributed by atoms with E-state index in [-0.39, 0.29) is 51.3 Å². The molecule has 4 aromatic carbocycles. The third-order valence-electron chi connectivity index (χ3n) is 12.5. The topological polar surface area (TPSA) is 143 Å². The number of aliphatic hydroxyl groups is 1. The molecule has 0 unspecified atom stereocenters. The number of rotatable bonds is 8. The van der Waals surface area contributed by atoms with Crippen LogP contribution in [0.4, 0.5) is 0 Å². The number of ether oxygens (including phenoxy) is 1. The maximum absolute atomic E-state index is 11.2. The van der Waals surface area contributed by atoms with Gasteiger partial charge in [-0.25, -0.2) is 0 Å². The molecule has 0 bridgehead atoms. The Balaban J connectivity index is 0.989. The largest absolute Gasteiger partial charge is 0.507 e. The van der Waals surface area contributed by atoms with Gasteiger partial charge in [-0.15, -0.1) is 0 Å². The van der Waals surface area contributed by atoms with E-state index in [4.69, 9.17) is 4.74 Å². The van der Waals surface area contributed by atoms with E-state index in [1.54, 1.807) is 30.4 Å². The normalized spacial score (nSPS) is 28.5. The Bertz CT molecular complexity index is 2000. The number of allylic oxidation sites excluding steroid dienone is 1. The minimum absolute atomic E-state index is 0.0485. The van der Waals surface area contributed by atoms with Crippen molar-refractivity contribution in [3.8, 4) is 28.7 Å². The minimum atomic E-state index is -0.361. The van der Waals surface area contributed by atoms with Gasteiger partial charge in [0.25, 0.3) is 0 Å². The van der Waals surface area contributed by atoms with Crippen LogP contribution in [0.2, 0.25) is 0 Å². The van der Waals surface area contributed by atoms with Gasteiger partial charge in [0.2, 0.25) is 0 Å². The van der Waals surface area contributed by atoms with Gasteiger partial charge in [-0.05, 0) is 96.7 Å². The average molecular weight is 690 g/mol. The van der Waals surface area contributed by atoms with Crippen molar-refractivity contribution in [1.82, 2.24) is 5.32 Å². The van der Waals surface area contributed by atoms with Crippen LogP contribution in [-0.4, -0.2) is 55.0 Å². The third kappa shape index (κ3) is 5.74. The highest BCUT2D eigenvalue weighted by atomic mass is 16.5. The van der Waals surface area contributed by atoms with E-state index in [0.29, 0.717) is 52.8 Å². The smallest absolute Gasteiger partial charge is 0.169 e. The summed E-state index contributed by atoms with van der Waals surface area (Å²) in [4.78, 5) is 0. The van der Waals surface area contributed by atoms with Crippen molar-refractivity contribution >= 4 is 22.9 Å². The second-order valence-electron chi connectivity index (χ2n) is 15.2. The number of phenolic OH excluding ortho intramolecular Hbond substituents is 5. The Morgan fingerprint density at radius 1 is 0.804 bits per heavy atom. The van der Waals surface area contributed by atoms with Gasteiger partial charge in [0.1, 0.15) is 5.75 Å². The summed E-state index contributed by atoms with van der Waals surface area (Å²) in [5.41, 5.74) is 3.96. The SMILES string of the molecule is Oc1ccc(/C=C/c2c(CCc3ccc(CN[C@@H]4CCO[C@]56CCCC[C@]57C[C@H](O)C[C@@H]7C=C[C@H]46)cc3)c(O)c(O)c3c(O)cccc23)cc1O. The van der Waals surface area contributed by atoms with E-state index < -0.39 is 0 Å². The molecule has 0 aromatic heterocycles. The number of fused-ring (bicyclic) bond motifs is 1. The van der Waals surface area contributed by atoms with Gasteiger partial charge in [-0.3, -0.25) is 0 Å². The van der Waals surface area contributed by atoms with Crippen molar-refractivity contribution < 1.29 is 35.4 Å². The van der Waals surface area contributed by atoms with E-state index in [1.165, 1.54) is 36.6 Å². The molecule has 7 N–H and O–H groups in total. The summed E-state index contributed by atoms with van der Waals surface area (Å²) in [5.74, 6) is -0.528. The van der Waals surface area contributed by atoms with Gasteiger partial charge in [-0.1, -0.05) is 79.6 Å². The van der Waals surface area contributed by atoms with Crippen molar-refractivity contribution in [2.24, 2.45) is 17.3 Å². The lowest BCUT2D eigenvalue weighted by molar-refractivity contribution is -0.224. The van der Waals surface area contributed by atoms with E-state index in [0.717, 1.165) is 50.8 Å². The third-order valence-corrected chi connectivity index (χ3v) is 12.5. The number of aliphatic hydroxyl groups excluding tert-OH is 1. The number of aromatic hydroxyl groups is 5. The maximum atomic E-state index is 11.2. The molecule has 1 heterocycles. The molecule has 2 saturated carbocycles. The first-order chi connectivity index (χ1) is 24.7. The summed E-state index contributed by atoms with van der Waals surface area (Å²) in [6.07, 6.45) is 16.4. The molecule has 8 nitrogen and oxygen atoms in total. The number of phenols is 5. The fourth-order valence-electron chi connectivity index (χ4n) is 10.1. The number of hydrogen-bond acceptors (Lipinski definition) is 8. The van der Waals surface area contributed by atoms with Crippen molar-refractivity contribution in [3.63, 3.8) is 0 Å². The molecule has 1 saturated heterocycles. The van der Waals surface area contributed by atoms with Crippen molar-refractivity contribution in [2.75, 3.05) is 6.61 Å².